The molecule has 0 saturated heterocycles. The van der Waals surface area contributed by atoms with Gasteiger partial charge in [-0.2, -0.15) is 0 Å². The van der Waals surface area contributed by atoms with E-state index in [0.29, 0.717) is 49.8 Å². The van der Waals surface area contributed by atoms with E-state index in [2.05, 4.69) is 15.9 Å². The van der Waals surface area contributed by atoms with E-state index in [0.717, 1.165) is 16.5 Å². The molecule has 8 nitrogen and oxygen atoms in total. The van der Waals surface area contributed by atoms with Gasteiger partial charge in [0, 0.05) is 10.0 Å². The summed E-state index contributed by atoms with van der Waals surface area (Å²) in [6.45, 7) is 4.16. The molecule has 2 aromatic carbocycles. The number of hydrogen-bond acceptors (Lipinski definition) is 8. The van der Waals surface area contributed by atoms with E-state index in [4.69, 9.17) is 23.9 Å². The van der Waals surface area contributed by atoms with Gasteiger partial charge in [0.2, 0.25) is 6.79 Å². The zero-order valence-corrected chi connectivity index (χ0v) is 23.0. The van der Waals surface area contributed by atoms with Crippen LogP contribution in [0.5, 0.6) is 17.2 Å². The van der Waals surface area contributed by atoms with Gasteiger partial charge in [0.05, 0.1) is 29.5 Å². The molecule has 0 saturated carbocycles. The van der Waals surface area contributed by atoms with Gasteiger partial charge in [-0.1, -0.05) is 46.7 Å². The summed E-state index contributed by atoms with van der Waals surface area (Å²) >= 11 is 4.81. The Kier molecular flexibility index (Phi) is 7.21. The average molecular weight is 585 g/mol. The summed E-state index contributed by atoms with van der Waals surface area (Å²) in [4.78, 5) is 32.6. The summed E-state index contributed by atoms with van der Waals surface area (Å²) in [6, 6.07) is 10.3. The van der Waals surface area contributed by atoms with Crippen LogP contribution in [0.2, 0.25) is 0 Å². The van der Waals surface area contributed by atoms with Gasteiger partial charge in [0.25, 0.3) is 5.56 Å². The number of allylic oxidation sites excluding steroid dienone is 1. The molecule has 1 aromatic heterocycles. The highest BCUT2D eigenvalue weighted by Gasteiger charge is 2.36. The topological polar surface area (TPSA) is 88.4 Å². The molecule has 3 aromatic rings. The molecule has 10 heteroatoms. The number of nitrogens with zero attached hydrogens (tertiary/aromatic N) is 2. The number of carbonyl (C=O) groups excluding carboxylic acids is 1. The lowest BCUT2D eigenvalue weighted by molar-refractivity contribution is -0.139. The minimum atomic E-state index is -0.761. The largest absolute Gasteiger partial charge is 0.496 e. The van der Waals surface area contributed by atoms with Crippen molar-refractivity contribution in [1.29, 1.82) is 0 Å². The highest BCUT2D eigenvalue weighted by molar-refractivity contribution is 9.10. The average Bonchev–Trinajstić information content (AvgIpc) is 3.47. The number of carbonyl (C=O) groups is 1. The van der Waals surface area contributed by atoms with Crippen LogP contribution in [0.3, 0.4) is 0 Å². The number of thiazole rings is 1. The van der Waals surface area contributed by atoms with Crippen molar-refractivity contribution in [1.82, 2.24) is 4.57 Å². The summed E-state index contributed by atoms with van der Waals surface area (Å²) < 4.78 is 24.9. The molecule has 0 spiro atoms. The highest BCUT2D eigenvalue weighted by atomic mass is 79.9. The number of methoxy groups -OCH3 is 1. The Morgan fingerprint density at radius 3 is 2.78 bits per heavy atom. The van der Waals surface area contributed by atoms with Gasteiger partial charge in [-0.3, -0.25) is 9.36 Å². The summed E-state index contributed by atoms with van der Waals surface area (Å²) in [7, 11) is 1.57. The molecular formula is C27H25BrN2O6S. The van der Waals surface area contributed by atoms with Gasteiger partial charge in [-0.15, -0.1) is 0 Å². The number of hydrogen-bond donors (Lipinski definition) is 0. The highest BCUT2D eigenvalue weighted by Crippen LogP contribution is 2.38. The van der Waals surface area contributed by atoms with E-state index in [-0.39, 0.29) is 19.0 Å². The molecule has 1 atom stereocenters. The first-order valence-electron chi connectivity index (χ1n) is 11.9. The molecule has 0 aliphatic carbocycles. The SMILES string of the molecule is CCCC1=C(C(=O)OCC)[C@@H](c2cc(Br)ccc2OC)n2c(s/c(=C/c3ccc4c(c3)OCO4)c2=O)=N1. The summed E-state index contributed by atoms with van der Waals surface area (Å²) in [5.74, 6) is 1.36. The van der Waals surface area contributed by atoms with Crippen molar-refractivity contribution in [3.8, 4) is 17.2 Å². The van der Waals surface area contributed by atoms with Gasteiger partial charge < -0.3 is 18.9 Å². The van der Waals surface area contributed by atoms with Crippen LogP contribution in [-0.4, -0.2) is 31.0 Å². The Balaban J connectivity index is 1.77. The van der Waals surface area contributed by atoms with Crippen molar-refractivity contribution >= 4 is 39.3 Å². The Labute approximate surface area is 225 Å². The summed E-state index contributed by atoms with van der Waals surface area (Å²) in [5.41, 5.74) is 2.17. The van der Waals surface area contributed by atoms with Crippen molar-refractivity contribution in [2.24, 2.45) is 4.99 Å². The zero-order valence-electron chi connectivity index (χ0n) is 20.6. The first-order valence-corrected chi connectivity index (χ1v) is 13.5. The molecule has 37 heavy (non-hydrogen) atoms. The zero-order chi connectivity index (χ0) is 26.1. The van der Waals surface area contributed by atoms with Gasteiger partial charge in [-0.25, -0.2) is 9.79 Å². The second-order valence-corrected chi connectivity index (χ2v) is 10.3. The Hall–Kier alpha value is -3.37. The number of rotatable bonds is 7. The maximum absolute atomic E-state index is 13.9. The van der Waals surface area contributed by atoms with E-state index >= 15 is 0 Å². The van der Waals surface area contributed by atoms with Crippen LogP contribution in [0.4, 0.5) is 0 Å². The number of esters is 1. The number of fused-ring (bicyclic) bond motifs is 2. The van der Waals surface area contributed by atoms with E-state index < -0.39 is 12.0 Å². The second kappa shape index (κ2) is 10.5. The first-order chi connectivity index (χ1) is 17.9. The quantitative estimate of drug-likeness (QED) is 0.389. The molecule has 0 amide bonds. The van der Waals surface area contributed by atoms with Crippen LogP contribution in [0, 0.1) is 0 Å². The third-order valence-corrected chi connectivity index (χ3v) is 7.55. The third-order valence-electron chi connectivity index (χ3n) is 6.07. The molecule has 3 heterocycles. The summed E-state index contributed by atoms with van der Waals surface area (Å²) in [6.07, 6.45) is 3.14. The van der Waals surface area contributed by atoms with Gasteiger partial charge in [0.1, 0.15) is 11.8 Å². The van der Waals surface area contributed by atoms with Crippen molar-refractivity contribution in [2.45, 2.75) is 32.7 Å². The number of aromatic nitrogens is 1. The molecule has 192 valence electrons. The van der Waals surface area contributed by atoms with E-state index in [1.165, 1.54) is 11.3 Å². The molecule has 0 fully saturated rings. The van der Waals surface area contributed by atoms with E-state index in [1.807, 2.05) is 43.3 Å². The molecule has 2 aliphatic rings. The third kappa shape index (κ3) is 4.71. The normalized spacial score (nSPS) is 16.4. The second-order valence-electron chi connectivity index (χ2n) is 8.41. The lowest BCUT2D eigenvalue weighted by atomic mass is 9.93. The van der Waals surface area contributed by atoms with Crippen LogP contribution in [0.15, 0.2) is 61.9 Å². The van der Waals surface area contributed by atoms with Gasteiger partial charge >= 0.3 is 5.97 Å². The lowest BCUT2D eigenvalue weighted by Gasteiger charge is -2.27. The molecular weight excluding hydrogens is 560 g/mol. The smallest absolute Gasteiger partial charge is 0.338 e. The van der Waals surface area contributed by atoms with Gasteiger partial charge in [-0.05, 0) is 55.3 Å². The first kappa shape index (κ1) is 25.3. The monoisotopic (exact) mass is 584 g/mol. The minimum Gasteiger partial charge on any atom is -0.496 e. The summed E-state index contributed by atoms with van der Waals surface area (Å²) in [5, 5.41) is 0. The molecule has 0 radical (unpaired) electrons. The number of ether oxygens (including phenoxy) is 4. The van der Waals surface area contributed by atoms with Crippen LogP contribution >= 0.6 is 27.3 Å². The predicted octanol–water partition coefficient (Wildman–Crippen LogP) is 4.08. The minimum absolute atomic E-state index is 0.173. The van der Waals surface area contributed by atoms with Crippen molar-refractivity contribution in [2.75, 3.05) is 20.5 Å². The van der Waals surface area contributed by atoms with Crippen LogP contribution in [0.25, 0.3) is 6.08 Å². The Bertz CT molecular complexity index is 1590. The van der Waals surface area contributed by atoms with Crippen molar-refractivity contribution < 1.29 is 23.7 Å². The molecule has 0 bridgehead atoms. The van der Waals surface area contributed by atoms with Crippen molar-refractivity contribution in [3.63, 3.8) is 0 Å². The Morgan fingerprint density at radius 2 is 2.03 bits per heavy atom. The fourth-order valence-corrected chi connectivity index (χ4v) is 5.89. The Morgan fingerprint density at radius 1 is 1.22 bits per heavy atom. The van der Waals surface area contributed by atoms with E-state index in [9.17, 15) is 9.59 Å². The molecule has 0 N–H and O–H groups in total. The fourth-order valence-electron chi connectivity index (χ4n) is 4.49. The molecule has 5 rings (SSSR count). The van der Waals surface area contributed by atoms with E-state index in [1.54, 1.807) is 24.7 Å². The number of benzene rings is 2. The molecule has 2 aliphatic heterocycles. The van der Waals surface area contributed by atoms with Crippen LogP contribution < -0.4 is 29.1 Å². The van der Waals surface area contributed by atoms with Crippen LogP contribution in [-0.2, 0) is 9.53 Å². The lowest BCUT2D eigenvalue weighted by Crippen LogP contribution is -2.40. The van der Waals surface area contributed by atoms with Crippen molar-refractivity contribution in [3.05, 3.63) is 83.0 Å². The molecule has 0 unspecified atom stereocenters. The predicted molar refractivity (Wildman–Crippen MR) is 143 cm³/mol. The van der Waals surface area contributed by atoms with Gasteiger partial charge in [0.15, 0.2) is 16.3 Å². The standard InChI is InChI=1S/C27H25BrN2O6S/c1-4-6-18-23(26(32)34-5-2)24(17-13-16(28)8-10-19(17)33-3)30-25(31)22(37-27(30)29-18)12-15-7-9-20-21(11-15)36-14-35-20/h7-13,24H,4-6,14H2,1-3H3/b22-12+/t24-/m1/s1. The maximum atomic E-state index is 13.9. The maximum Gasteiger partial charge on any atom is 0.338 e. The number of halogens is 1. The fraction of sp³-hybridized carbons (Fsp3) is 0.296. The van der Waals surface area contributed by atoms with Crippen LogP contribution in [0.1, 0.15) is 43.9 Å².